The highest BCUT2D eigenvalue weighted by Crippen LogP contribution is 2.46. The maximum atomic E-state index is 13.0. The molecule has 8 nitrogen and oxygen atoms in total. The van der Waals surface area contributed by atoms with Crippen LogP contribution >= 0.6 is 0 Å². The molecular formula is C25H28N4O4. The smallest absolute Gasteiger partial charge is 0.260 e. The summed E-state index contributed by atoms with van der Waals surface area (Å²) < 4.78 is 16.5. The standard InChI is InChI=1S/C25H28N4O4/c1-31-20-7-9-21(10-8-20)32-16-22(30)29-13-3-11-25(17-29,14-18-5-6-18)24-27-23(33-28-24)19-4-2-12-26-15-19/h2,4,7-10,12,15,18H,3,5-6,11,13-14,16-17H2,1H3. The van der Waals surface area contributed by atoms with Crippen LogP contribution in [0.4, 0.5) is 0 Å². The Hall–Kier alpha value is -3.42. The van der Waals surface area contributed by atoms with E-state index in [9.17, 15) is 4.79 Å². The number of hydrogen-bond donors (Lipinski definition) is 0. The number of methoxy groups -OCH3 is 1. The van der Waals surface area contributed by atoms with Gasteiger partial charge in [-0.15, -0.1) is 0 Å². The van der Waals surface area contributed by atoms with Gasteiger partial charge in [0.1, 0.15) is 11.5 Å². The topological polar surface area (TPSA) is 90.6 Å². The van der Waals surface area contributed by atoms with E-state index < -0.39 is 0 Å². The fourth-order valence-corrected chi connectivity index (χ4v) is 4.61. The largest absolute Gasteiger partial charge is 0.497 e. The summed E-state index contributed by atoms with van der Waals surface area (Å²) in [6.07, 6.45) is 8.71. The zero-order valence-corrected chi connectivity index (χ0v) is 18.8. The number of amides is 1. The Morgan fingerprint density at radius 3 is 2.76 bits per heavy atom. The summed E-state index contributed by atoms with van der Waals surface area (Å²) in [5.41, 5.74) is 0.508. The number of carbonyl (C=O) groups excluding carboxylic acids is 1. The number of ether oxygens (including phenoxy) is 2. The van der Waals surface area contributed by atoms with Crippen molar-refractivity contribution >= 4 is 5.91 Å². The molecule has 3 heterocycles. The van der Waals surface area contributed by atoms with Crippen LogP contribution in [0.5, 0.6) is 11.5 Å². The molecule has 0 N–H and O–H groups in total. The molecule has 2 aromatic heterocycles. The molecule has 0 radical (unpaired) electrons. The third-order valence-electron chi connectivity index (χ3n) is 6.54. The summed E-state index contributed by atoms with van der Waals surface area (Å²) >= 11 is 0. The molecule has 8 heteroatoms. The van der Waals surface area contributed by atoms with Crippen molar-refractivity contribution in [2.24, 2.45) is 5.92 Å². The molecule has 1 atom stereocenters. The highest BCUT2D eigenvalue weighted by molar-refractivity contribution is 5.78. The number of rotatable bonds is 8. The van der Waals surface area contributed by atoms with Crippen LogP contribution in [0.25, 0.3) is 11.5 Å². The first-order chi connectivity index (χ1) is 16.1. The van der Waals surface area contributed by atoms with Gasteiger partial charge in [-0.2, -0.15) is 4.98 Å². The molecule has 2 fully saturated rings. The van der Waals surface area contributed by atoms with Crippen LogP contribution in [0.3, 0.4) is 0 Å². The van der Waals surface area contributed by atoms with E-state index in [2.05, 4.69) is 10.1 Å². The van der Waals surface area contributed by atoms with Gasteiger partial charge < -0.3 is 18.9 Å². The normalized spacial score (nSPS) is 20.5. The average Bonchev–Trinajstić information content (AvgIpc) is 3.53. The first-order valence-corrected chi connectivity index (χ1v) is 11.4. The molecule has 33 heavy (non-hydrogen) atoms. The number of hydrogen-bond acceptors (Lipinski definition) is 7. The van der Waals surface area contributed by atoms with Gasteiger partial charge in [0, 0.05) is 25.5 Å². The van der Waals surface area contributed by atoms with Crippen molar-refractivity contribution in [2.75, 3.05) is 26.8 Å². The fourth-order valence-electron chi connectivity index (χ4n) is 4.61. The minimum absolute atomic E-state index is 0.000976. The van der Waals surface area contributed by atoms with Gasteiger partial charge in [-0.1, -0.05) is 18.0 Å². The molecule has 1 amide bonds. The maximum absolute atomic E-state index is 13.0. The number of piperidine rings is 1. The molecule has 1 unspecified atom stereocenters. The van der Waals surface area contributed by atoms with Crippen LogP contribution in [0, 0.1) is 5.92 Å². The summed E-state index contributed by atoms with van der Waals surface area (Å²) in [5, 5.41) is 4.38. The van der Waals surface area contributed by atoms with E-state index in [0.29, 0.717) is 36.5 Å². The lowest BCUT2D eigenvalue weighted by molar-refractivity contribution is -0.135. The molecule has 172 valence electrons. The Labute approximate surface area is 192 Å². The van der Waals surface area contributed by atoms with Crippen molar-refractivity contribution in [1.82, 2.24) is 20.0 Å². The third kappa shape index (κ3) is 4.84. The third-order valence-corrected chi connectivity index (χ3v) is 6.54. The van der Waals surface area contributed by atoms with Crippen LogP contribution in [0.1, 0.15) is 37.9 Å². The van der Waals surface area contributed by atoms with Crippen molar-refractivity contribution in [2.45, 2.75) is 37.5 Å². The summed E-state index contributed by atoms with van der Waals surface area (Å²) in [7, 11) is 1.62. The number of nitrogens with zero attached hydrogens (tertiary/aromatic N) is 4. The number of benzene rings is 1. The van der Waals surface area contributed by atoms with E-state index in [4.69, 9.17) is 19.0 Å². The van der Waals surface area contributed by atoms with Crippen molar-refractivity contribution in [3.8, 4) is 23.0 Å². The SMILES string of the molecule is COc1ccc(OCC(=O)N2CCCC(CC3CC3)(c3noc(-c4cccnc4)n3)C2)cc1. The van der Waals surface area contributed by atoms with Gasteiger partial charge in [-0.05, 0) is 61.6 Å². The van der Waals surface area contributed by atoms with Crippen LogP contribution in [0.2, 0.25) is 0 Å². The lowest BCUT2D eigenvalue weighted by atomic mass is 9.75. The fraction of sp³-hybridized carbons (Fsp3) is 0.440. The predicted octanol–water partition coefficient (Wildman–Crippen LogP) is 3.88. The van der Waals surface area contributed by atoms with Crippen LogP contribution < -0.4 is 9.47 Å². The quantitative estimate of drug-likeness (QED) is 0.516. The molecule has 1 saturated carbocycles. The van der Waals surface area contributed by atoms with Gasteiger partial charge in [0.05, 0.1) is 18.1 Å². The minimum Gasteiger partial charge on any atom is -0.497 e. The Morgan fingerprint density at radius 2 is 2.03 bits per heavy atom. The van der Waals surface area contributed by atoms with Gasteiger partial charge in [0.15, 0.2) is 12.4 Å². The van der Waals surface area contributed by atoms with E-state index in [1.54, 1.807) is 31.6 Å². The lowest BCUT2D eigenvalue weighted by Crippen LogP contribution is -2.50. The van der Waals surface area contributed by atoms with Crippen molar-refractivity contribution in [3.05, 3.63) is 54.6 Å². The first-order valence-electron chi connectivity index (χ1n) is 11.4. The highest BCUT2D eigenvalue weighted by atomic mass is 16.5. The Bertz CT molecular complexity index is 1080. The second kappa shape index (κ2) is 9.21. The predicted molar refractivity (Wildman–Crippen MR) is 121 cm³/mol. The van der Waals surface area contributed by atoms with Gasteiger partial charge >= 0.3 is 0 Å². The Morgan fingerprint density at radius 1 is 1.21 bits per heavy atom. The number of pyridine rings is 1. The van der Waals surface area contributed by atoms with E-state index in [0.717, 1.165) is 30.6 Å². The molecule has 0 bridgehead atoms. The summed E-state index contributed by atoms with van der Waals surface area (Å²) in [6.45, 7) is 1.30. The van der Waals surface area contributed by atoms with E-state index in [1.807, 2.05) is 29.2 Å². The summed E-state index contributed by atoms with van der Waals surface area (Å²) in [6, 6.07) is 11.0. The van der Waals surface area contributed by atoms with Crippen LogP contribution in [0.15, 0.2) is 53.3 Å². The Balaban J connectivity index is 1.30. The number of likely N-dealkylation sites (tertiary alicyclic amines) is 1. The second-order valence-corrected chi connectivity index (χ2v) is 8.98. The van der Waals surface area contributed by atoms with Crippen LogP contribution in [-0.4, -0.2) is 52.7 Å². The molecule has 0 spiro atoms. The summed E-state index contributed by atoms with van der Waals surface area (Å²) in [4.78, 5) is 23.9. The monoisotopic (exact) mass is 448 g/mol. The lowest BCUT2D eigenvalue weighted by Gasteiger charge is -2.41. The van der Waals surface area contributed by atoms with E-state index >= 15 is 0 Å². The summed E-state index contributed by atoms with van der Waals surface area (Å²) in [5.74, 6) is 3.20. The number of carbonyl (C=O) groups is 1. The van der Waals surface area contributed by atoms with Gasteiger partial charge in [-0.3, -0.25) is 9.78 Å². The zero-order chi connectivity index (χ0) is 22.7. The molecule has 3 aromatic rings. The minimum atomic E-state index is -0.293. The van der Waals surface area contributed by atoms with Crippen LogP contribution in [-0.2, 0) is 10.2 Å². The van der Waals surface area contributed by atoms with Gasteiger partial charge in [-0.25, -0.2) is 0 Å². The molecule has 2 aliphatic rings. The molecule has 1 aliphatic carbocycles. The van der Waals surface area contributed by atoms with Crippen molar-refractivity contribution in [1.29, 1.82) is 0 Å². The van der Waals surface area contributed by atoms with Gasteiger partial charge in [0.25, 0.3) is 11.8 Å². The molecular weight excluding hydrogens is 420 g/mol. The van der Waals surface area contributed by atoms with E-state index in [-0.39, 0.29) is 17.9 Å². The second-order valence-electron chi connectivity index (χ2n) is 8.98. The molecule has 1 aliphatic heterocycles. The van der Waals surface area contributed by atoms with Crippen molar-refractivity contribution in [3.63, 3.8) is 0 Å². The first kappa shape index (κ1) is 21.4. The molecule has 1 saturated heterocycles. The van der Waals surface area contributed by atoms with E-state index in [1.165, 1.54) is 12.8 Å². The Kier molecular flexibility index (Phi) is 5.98. The molecule has 1 aromatic carbocycles. The highest BCUT2D eigenvalue weighted by Gasteiger charge is 2.45. The van der Waals surface area contributed by atoms with Gasteiger partial charge in [0.2, 0.25) is 0 Å². The average molecular weight is 449 g/mol. The van der Waals surface area contributed by atoms with Crippen molar-refractivity contribution < 1.29 is 18.8 Å². The maximum Gasteiger partial charge on any atom is 0.260 e. The number of aromatic nitrogens is 3. The molecule has 5 rings (SSSR count). The zero-order valence-electron chi connectivity index (χ0n) is 18.8.